The van der Waals surface area contributed by atoms with Gasteiger partial charge >= 0.3 is 5.97 Å². The van der Waals surface area contributed by atoms with Crippen molar-refractivity contribution in [2.75, 3.05) is 11.9 Å². The maximum absolute atomic E-state index is 12.1. The lowest BCUT2D eigenvalue weighted by atomic mass is 10.0. The molecule has 6 heteroatoms. The van der Waals surface area contributed by atoms with E-state index in [2.05, 4.69) is 21.2 Å². The van der Waals surface area contributed by atoms with Gasteiger partial charge in [0.25, 0.3) is 5.91 Å². The summed E-state index contributed by atoms with van der Waals surface area (Å²) in [5.41, 5.74) is 0.330. The molecule has 1 aromatic rings. The summed E-state index contributed by atoms with van der Waals surface area (Å²) in [7, 11) is 0. The quantitative estimate of drug-likeness (QED) is 0.894. The van der Waals surface area contributed by atoms with Gasteiger partial charge < -0.3 is 15.2 Å². The van der Waals surface area contributed by atoms with Gasteiger partial charge in [0.15, 0.2) is 0 Å². The molecule has 0 bridgehead atoms. The molecular weight excluding hydrogens is 314 g/mol. The number of carbonyl (C=O) groups excluding carboxylic acids is 1. The number of hydrogen-bond acceptors (Lipinski definition) is 3. The van der Waals surface area contributed by atoms with Gasteiger partial charge in [0, 0.05) is 11.1 Å². The normalized spacial score (nSPS) is 22.2. The van der Waals surface area contributed by atoms with Crippen LogP contribution in [0.25, 0.3) is 0 Å². The summed E-state index contributed by atoms with van der Waals surface area (Å²) < 4.78 is 6.06. The van der Waals surface area contributed by atoms with Crippen molar-refractivity contribution >= 4 is 33.5 Å². The van der Waals surface area contributed by atoms with Crippen molar-refractivity contribution in [2.45, 2.75) is 19.4 Å². The summed E-state index contributed by atoms with van der Waals surface area (Å²) >= 11 is 3.26. The Morgan fingerprint density at radius 3 is 2.79 bits per heavy atom. The van der Waals surface area contributed by atoms with Crippen molar-refractivity contribution < 1.29 is 19.4 Å². The van der Waals surface area contributed by atoms with Gasteiger partial charge in [-0.05, 0) is 30.5 Å². The Labute approximate surface area is 119 Å². The summed E-state index contributed by atoms with van der Waals surface area (Å²) in [6.07, 6.45) is 0.322. The number of anilines is 1. The number of nitrogens with one attached hydrogen (secondary N) is 1. The highest BCUT2D eigenvalue weighted by molar-refractivity contribution is 9.10. The van der Waals surface area contributed by atoms with Crippen LogP contribution in [0, 0.1) is 5.92 Å². The van der Waals surface area contributed by atoms with Crippen LogP contribution in [0.4, 0.5) is 5.69 Å². The zero-order valence-corrected chi connectivity index (χ0v) is 11.9. The minimum Gasteiger partial charge on any atom is -0.478 e. The first-order chi connectivity index (χ1) is 8.99. The minimum atomic E-state index is -1.08. The second kappa shape index (κ2) is 5.71. The third-order valence-electron chi connectivity index (χ3n) is 3.12. The monoisotopic (exact) mass is 327 g/mol. The van der Waals surface area contributed by atoms with Gasteiger partial charge in [-0.3, -0.25) is 4.79 Å². The molecule has 2 unspecified atom stereocenters. The molecule has 102 valence electrons. The SMILES string of the molecule is CC1CCOC1C(=O)Nc1cc(Br)ccc1C(=O)O. The zero-order chi connectivity index (χ0) is 14.0. The third-order valence-corrected chi connectivity index (χ3v) is 3.61. The summed E-state index contributed by atoms with van der Waals surface area (Å²) in [5, 5.41) is 11.7. The lowest BCUT2D eigenvalue weighted by Gasteiger charge is -2.15. The Morgan fingerprint density at radius 1 is 1.47 bits per heavy atom. The first-order valence-corrected chi connectivity index (χ1v) is 6.73. The van der Waals surface area contributed by atoms with E-state index in [1.807, 2.05) is 6.92 Å². The standard InChI is InChI=1S/C13H14BrNO4/c1-7-4-5-19-11(7)12(16)15-10-6-8(14)2-3-9(10)13(17)18/h2-3,6-7,11H,4-5H2,1H3,(H,15,16)(H,17,18). The highest BCUT2D eigenvalue weighted by Crippen LogP contribution is 2.25. The molecule has 19 heavy (non-hydrogen) atoms. The van der Waals surface area contributed by atoms with Crippen LogP contribution < -0.4 is 5.32 Å². The minimum absolute atomic E-state index is 0.0576. The van der Waals surface area contributed by atoms with E-state index < -0.39 is 12.1 Å². The molecule has 1 heterocycles. The van der Waals surface area contributed by atoms with Gasteiger partial charge in [0.1, 0.15) is 6.10 Å². The van der Waals surface area contributed by atoms with Crippen LogP contribution in [0.2, 0.25) is 0 Å². The van der Waals surface area contributed by atoms with E-state index in [9.17, 15) is 9.59 Å². The van der Waals surface area contributed by atoms with Crippen molar-refractivity contribution in [1.82, 2.24) is 0 Å². The molecule has 2 atom stereocenters. The molecular formula is C13H14BrNO4. The molecule has 5 nitrogen and oxygen atoms in total. The lowest BCUT2D eigenvalue weighted by molar-refractivity contribution is -0.126. The van der Waals surface area contributed by atoms with Crippen LogP contribution in [0.15, 0.2) is 22.7 Å². The molecule has 1 saturated heterocycles. The van der Waals surface area contributed by atoms with E-state index in [-0.39, 0.29) is 23.1 Å². The number of aromatic carboxylic acids is 1. The van der Waals surface area contributed by atoms with Gasteiger partial charge in [-0.25, -0.2) is 4.79 Å². The molecule has 0 aromatic heterocycles. The first-order valence-electron chi connectivity index (χ1n) is 5.94. The number of benzene rings is 1. The third kappa shape index (κ3) is 3.13. The molecule has 0 spiro atoms. The molecule has 0 aliphatic carbocycles. The van der Waals surface area contributed by atoms with E-state index in [0.717, 1.165) is 6.42 Å². The van der Waals surface area contributed by atoms with Crippen molar-refractivity contribution in [3.63, 3.8) is 0 Å². The summed E-state index contributed by atoms with van der Waals surface area (Å²) in [6, 6.07) is 4.63. The number of rotatable bonds is 3. The molecule has 1 aliphatic heterocycles. The molecule has 2 rings (SSSR count). The topological polar surface area (TPSA) is 75.6 Å². The number of carboxylic acids is 1. The summed E-state index contributed by atoms with van der Waals surface area (Å²) in [6.45, 7) is 2.50. The molecule has 0 radical (unpaired) electrons. The van der Waals surface area contributed by atoms with Crippen molar-refractivity contribution in [3.05, 3.63) is 28.2 Å². The summed E-state index contributed by atoms with van der Waals surface area (Å²) in [5.74, 6) is -1.24. The Balaban J connectivity index is 2.20. The molecule has 1 fully saturated rings. The maximum atomic E-state index is 12.1. The van der Waals surface area contributed by atoms with Crippen LogP contribution in [0.3, 0.4) is 0 Å². The van der Waals surface area contributed by atoms with E-state index in [4.69, 9.17) is 9.84 Å². The number of carbonyl (C=O) groups is 2. The van der Waals surface area contributed by atoms with Gasteiger partial charge in [0.05, 0.1) is 11.3 Å². The maximum Gasteiger partial charge on any atom is 0.337 e. The molecule has 0 saturated carbocycles. The van der Waals surface area contributed by atoms with Crippen molar-refractivity contribution in [2.24, 2.45) is 5.92 Å². The predicted octanol–water partition coefficient (Wildman–Crippen LogP) is 2.51. The van der Waals surface area contributed by atoms with Crippen LogP contribution in [0.5, 0.6) is 0 Å². The molecule has 1 amide bonds. The zero-order valence-electron chi connectivity index (χ0n) is 10.4. The molecule has 1 aromatic carbocycles. The number of ether oxygens (including phenoxy) is 1. The first kappa shape index (κ1) is 14.0. The van der Waals surface area contributed by atoms with Gasteiger partial charge in [0.2, 0.25) is 0 Å². The van der Waals surface area contributed by atoms with Gasteiger partial charge in [-0.1, -0.05) is 22.9 Å². The molecule has 1 aliphatic rings. The fraction of sp³-hybridized carbons (Fsp3) is 0.385. The van der Waals surface area contributed by atoms with Crippen molar-refractivity contribution in [3.8, 4) is 0 Å². The fourth-order valence-electron chi connectivity index (χ4n) is 2.04. The number of amides is 1. The van der Waals surface area contributed by atoms with Gasteiger partial charge in [-0.2, -0.15) is 0 Å². The highest BCUT2D eigenvalue weighted by atomic mass is 79.9. The lowest BCUT2D eigenvalue weighted by Crippen LogP contribution is -2.31. The number of halogens is 1. The van der Waals surface area contributed by atoms with E-state index in [1.165, 1.54) is 6.07 Å². The molecule has 2 N–H and O–H groups in total. The van der Waals surface area contributed by atoms with Crippen LogP contribution in [0.1, 0.15) is 23.7 Å². The predicted molar refractivity (Wildman–Crippen MR) is 73.3 cm³/mol. The Bertz CT molecular complexity index is 517. The van der Waals surface area contributed by atoms with Crippen LogP contribution in [-0.4, -0.2) is 29.7 Å². The second-order valence-electron chi connectivity index (χ2n) is 4.54. The Kier molecular flexibility index (Phi) is 4.21. The second-order valence-corrected chi connectivity index (χ2v) is 5.46. The largest absolute Gasteiger partial charge is 0.478 e. The van der Waals surface area contributed by atoms with Crippen LogP contribution >= 0.6 is 15.9 Å². The average molecular weight is 328 g/mol. The number of carboxylic acid groups (broad SMARTS) is 1. The highest BCUT2D eigenvalue weighted by Gasteiger charge is 2.31. The van der Waals surface area contributed by atoms with Gasteiger partial charge in [-0.15, -0.1) is 0 Å². The van der Waals surface area contributed by atoms with Crippen molar-refractivity contribution in [1.29, 1.82) is 0 Å². The van der Waals surface area contributed by atoms with Crippen LogP contribution in [-0.2, 0) is 9.53 Å². The average Bonchev–Trinajstić information content (AvgIpc) is 2.75. The number of hydrogen-bond donors (Lipinski definition) is 2. The van der Waals surface area contributed by atoms with E-state index in [1.54, 1.807) is 12.1 Å². The Hall–Kier alpha value is -1.40. The fourth-order valence-corrected chi connectivity index (χ4v) is 2.40. The summed E-state index contributed by atoms with van der Waals surface area (Å²) in [4.78, 5) is 23.2. The van der Waals surface area contributed by atoms with E-state index >= 15 is 0 Å². The Morgan fingerprint density at radius 2 is 2.21 bits per heavy atom. The van der Waals surface area contributed by atoms with E-state index in [0.29, 0.717) is 11.1 Å². The smallest absolute Gasteiger partial charge is 0.337 e.